The third-order valence-corrected chi connectivity index (χ3v) is 13.6. The maximum Gasteiger partial charge on any atom is 0.220 e. The van der Waals surface area contributed by atoms with Crippen LogP contribution in [0.1, 0.15) is 271 Å². The minimum atomic E-state index is -1.55. The van der Waals surface area contributed by atoms with Gasteiger partial charge in [0.2, 0.25) is 5.91 Å². The van der Waals surface area contributed by atoms with Crippen LogP contribution in [0.5, 0.6) is 0 Å². The zero-order chi connectivity index (χ0) is 47.3. The van der Waals surface area contributed by atoms with E-state index >= 15 is 0 Å². The minimum Gasteiger partial charge on any atom is -0.394 e. The fourth-order valence-corrected chi connectivity index (χ4v) is 9.08. The number of hydrogen-bond donors (Lipinski definition) is 6. The standard InChI is InChI=1S/C56H107NO8/c1-3-5-7-9-11-13-15-17-19-21-23-24-25-26-28-30-32-34-36-38-40-42-44-46-52(60)57-49(48-64-56-55(63)54(62)53(61)51(47-58)65-56)50(59)45-43-41-39-37-35-33-31-29-27-22-20-18-16-14-12-10-8-6-4-2/h23-24,26,28,49-51,53-56,58-59,61-63H,3-22,25,27,29-48H2,1-2H3,(H,57,60)/b24-23-,28-26-. The zero-order valence-electron chi connectivity index (χ0n) is 42.5. The number of hydrogen-bond acceptors (Lipinski definition) is 8. The van der Waals surface area contributed by atoms with Crippen molar-refractivity contribution < 1.29 is 39.8 Å². The first-order chi connectivity index (χ1) is 31.8. The van der Waals surface area contributed by atoms with E-state index < -0.39 is 49.5 Å². The molecule has 0 aliphatic carbocycles. The molecule has 0 aromatic carbocycles. The highest BCUT2D eigenvalue weighted by Crippen LogP contribution is 2.23. The number of carbonyl (C=O) groups is 1. The van der Waals surface area contributed by atoms with E-state index in [2.05, 4.69) is 43.5 Å². The molecular formula is C56H107NO8. The summed E-state index contributed by atoms with van der Waals surface area (Å²) in [6, 6.07) is -0.722. The zero-order valence-corrected chi connectivity index (χ0v) is 42.5. The molecule has 65 heavy (non-hydrogen) atoms. The molecule has 1 heterocycles. The van der Waals surface area contributed by atoms with E-state index in [1.807, 2.05) is 0 Å². The first-order valence-electron chi connectivity index (χ1n) is 28.0. The van der Waals surface area contributed by atoms with Gasteiger partial charge < -0.3 is 40.3 Å². The van der Waals surface area contributed by atoms with Crippen molar-refractivity contribution in [3.8, 4) is 0 Å². The topological polar surface area (TPSA) is 149 Å². The maximum atomic E-state index is 13.1. The summed E-state index contributed by atoms with van der Waals surface area (Å²) < 4.78 is 11.3. The number of aliphatic hydroxyl groups is 5. The number of amides is 1. The molecule has 0 spiro atoms. The summed E-state index contributed by atoms with van der Waals surface area (Å²) in [4.78, 5) is 13.1. The van der Waals surface area contributed by atoms with Gasteiger partial charge in [0.1, 0.15) is 24.4 Å². The van der Waals surface area contributed by atoms with Crippen molar-refractivity contribution in [2.45, 2.75) is 314 Å². The molecule has 1 amide bonds. The number of unbranched alkanes of at least 4 members (excludes halogenated alkanes) is 34. The van der Waals surface area contributed by atoms with Crippen molar-refractivity contribution in [2.24, 2.45) is 0 Å². The Morgan fingerprint density at radius 2 is 0.908 bits per heavy atom. The fraction of sp³-hybridized carbons (Fsp3) is 0.911. The van der Waals surface area contributed by atoms with E-state index in [-0.39, 0.29) is 12.5 Å². The van der Waals surface area contributed by atoms with Gasteiger partial charge in [0.25, 0.3) is 0 Å². The Balaban J connectivity index is 2.23. The molecule has 0 bridgehead atoms. The summed E-state index contributed by atoms with van der Waals surface area (Å²) in [6.45, 7) is 3.86. The van der Waals surface area contributed by atoms with Crippen LogP contribution >= 0.6 is 0 Å². The van der Waals surface area contributed by atoms with Gasteiger partial charge in [-0.3, -0.25) is 4.79 Å². The van der Waals surface area contributed by atoms with Gasteiger partial charge in [-0.05, 0) is 44.9 Å². The summed E-state index contributed by atoms with van der Waals surface area (Å²) in [7, 11) is 0. The Morgan fingerprint density at radius 3 is 1.32 bits per heavy atom. The van der Waals surface area contributed by atoms with Gasteiger partial charge in [-0.25, -0.2) is 0 Å². The number of ether oxygens (including phenoxy) is 2. The molecule has 6 N–H and O–H groups in total. The first kappa shape index (κ1) is 61.7. The van der Waals surface area contributed by atoms with Gasteiger partial charge >= 0.3 is 0 Å². The van der Waals surface area contributed by atoms with Crippen LogP contribution in [0.4, 0.5) is 0 Å². The molecule has 1 saturated heterocycles. The number of allylic oxidation sites excluding steroid dienone is 4. The third kappa shape index (κ3) is 36.3. The number of rotatable bonds is 48. The van der Waals surface area contributed by atoms with E-state index in [1.165, 1.54) is 193 Å². The van der Waals surface area contributed by atoms with Crippen molar-refractivity contribution >= 4 is 5.91 Å². The summed E-state index contributed by atoms with van der Waals surface area (Å²) in [5, 5.41) is 54.6. The predicted molar refractivity (Wildman–Crippen MR) is 272 cm³/mol. The van der Waals surface area contributed by atoms with E-state index in [9.17, 15) is 30.3 Å². The Hall–Kier alpha value is -1.33. The van der Waals surface area contributed by atoms with Crippen LogP contribution in [-0.4, -0.2) is 87.5 Å². The number of carbonyl (C=O) groups excluding carboxylic acids is 1. The Labute approximate surface area is 400 Å². The molecule has 9 nitrogen and oxygen atoms in total. The molecule has 1 aliphatic heterocycles. The lowest BCUT2D eigenvalue weighted by Crippen LogP contribution is -2.60. The van der Waals surface area contributed by atoms with Gasteiger partial charge in [0.15, 0.2) is 6.29 Å². The van der Waals surface area contributed by atoms with E-state index in [1.54, 1.807) is 0 Å². The van der Waals surface area contributed by atoms with Crippen LogP contribution in [0.3, 0.4) is 0 Å². The van der Waals surface area contributed by atoms with Gasteiger partial charge in [-0.15, -0.1) is 0 Å². The highest BCUT2D eigenvalue weighted by atomic mass is 16.7. The Kier molecular flexibility index (Phi) is 44.0. The third-order valence-electron chi connectivity index (χ3n) is 13.6. The second-order valence-corrected chi connectivity index (χ2v) is 19.7. The molecule has 1 rings (SSSR count). The summed E-state index contributed by atoms with van der Waals surface area (Å²) >= 11 is 0. The first-order valence-corrected chi connectivity index (χ1v) is 28.0. The van der Waals surface area contributed by atoms with Gasteiger partial charge in [0, 0.05) is 6.42 Å². The van der Waals surface area contributed by atoms with Gasteiger partial charge in [-0.2, -0.15) is 0 Å². The second kappa shape index (κ2) is 46.4. The number of nitrogens with one attached hydrogen (secondary N) is 1. The summed E-state index contributed by atoms with van der Waals surface area (Å²) in [6.07, 6.45) is 50.5. The molecular weight excluding hydrogens is 815 g/mol. The van der Waals surface area contributed by atoms with Crippen molar-refractivity contribution in [3.63, 3.8) is 0 Å². The average molecular weight is 922 g/mol. The lowest BCUT2D eigenvalue weighted by atomic mass is 9.99. The molecule has 0 aromatic rings. The quantitative estimate of drug-likeness (QED) is 0.0261. The monoisotopic (exact) mass is 922 g/mol. The summed E-state index contributed by atoms with van der Waals surface area (Å²) in [5.74, 6) is -0.148. The van der Waals surface area contributed by atoms with Crippen molar-refractivity contribution in [1.29, 1.82) is 0 Å². The minimum absolute atomic E-state index is 0.139. The lowest BCUT2D eigenvalue weighted by Gasteiger charge is -2.40. The van der Waals surface area contributed by atoms with Crippen LogP contribution in [0.25, 0.3) is 0 Å². The molecule has 0 radical (unpaired) electrons. The van der Waals surface area contributed by atoms with E-state index in [0.717, 1.165) is 51.4 Å². The summed E-state index contributed by atoms with van der Waals surface area (Å²) in [5.41, 5.74) is 0. The van der Waals surface area contributed by atoms with Crippen molar-refractivity contribution in [1.82, 2.24) is 5.32 Å². The van der Waals surface area contributed by atoms with Crippen molar-refractivity contribution in [2.75, 3.05) is 13.2 Å². The Bertz CT molecular complexity index is 1070. The fourth-order valence-electron chi connectivity index (χ4n) is 9.08. The average Bonchev–Trinajstić information content (AvgIpc) is 3.31. The molecule has 0 aromatic heterocycles. The highest BCUT2D eigenvalue weighted by molar-refractivity contribution is 5.76. The van der Waals surface area contributed by atoms with E-state index in [0.29, 0.717) is 12.8 Å². The maximum absolute atomic E-state index is 13.1. The van der Waals surface area contributed by atoms with E-state index in [4.69, 9.17) is 9.47 Å². The molecule has 384 valence electrons. The largest absolute Gasteiger partial charge is 0.394 e. The van der Waals surface area contributed by atoms with Crippen LogP contribution in [0.2, 0.25) is 0 Å². The molecule has 0 saturated carbocycles. The lowest BCUT2D eigenvalue weighted by molar-refractivity contribution is -0.302. The Morgan fingerprint density at radius 1 is 0.523 bits per heavy atom. The smallest absolute Gasteiger partial charge is 0.220 e. The van der Waals surface area contributed by atoms with Crippen LogP contribution in [0, 0.1) is 0 Å². The predicted octanol–water partition coefficient (Wildman–Crippen LogP) is 13.4. The SMILES string of the molecule is CCCCCCCCCCC/C=C\C/C=C\CCCCCCCCCC(=O)NC(COC1OC(CO)C(O)C(O)C1O)C(O)CCCCCCCCCCCCCCCCCCCCC. The second-order valence-electron chi connectivity index (χ2n) is 19.7. The molecule has 7 unspecified atom stereocenters. The van der Waals surface area contributed by atoms with Gasteiger partial charge in [-0.1, -0.05) is 244 Å². The van der Waals surface area contributed by atoms with Gasteiger partial charge in [0.05, 0.1) is 25.4 Å². The normalized spacial score (nSPS) is 20.0. The highest BCUT2D eigenvalue weighted by Gasteiger charge is 2.44. The number of aliphatic hydroxyl groups excluding tert-OH is 5. The molecule has 1 fully saturated rings. The van der Waals surface area contributed by atoms with Crippen LogP contribution in [0.15, 0.2) is 24.3 Å². The van der Waals surface area contributed by atoms with Crippen LogP contribution < -0.4 is 5.32 Å². The van der Waals surface area contributed by atoms with Crippen molar-refractivity contribution in [3.05, 3.63) is 24.3 Å². The van der Waals surface area contributed by atoms with Crippen LogP contribution in [-0.2, 0) is 14.3 Å². The molecule has 1 aliphatic rings. The molecule has 7 atom stereocenters. The molecule has 9 heteroatoms.